The number of benzene rings is 2. The Labute approximate surface area is 206 Å². The predicted octanol–water partition coefficient (Wildman–Crippen LogP) is 3.09. The highest BCUT2D eigenvalue weighted by Gasteiger charge is 2.31. The molecule has 0 bridgehead atoms. The van der Waals surface area contributed by atoms with Gasteiger partial charge in [-0.15, -0.1) is 0 Å². The van der Waals surface area contributed by atoms with Gasteiger partial charge in [0.1, 0.15) is 29.7 Å². The van der Waals surface area contributed by atoms with Gasteiger partial charge in [0.25, 0.3) is 0 Å². The highest BCUT2D eigenvalue weighted by atomic mass is 32.2. The summed E-state index contributed by atoms with van der Waals surface area (Å²) in [6.45, 7) is 4.11. The zero-order chi connectivity index (χ0) is 26.0. The molecule has 8 nitrogen and oxygen atoms in total. The Balaban J connectivity index is 1.68. The van der Waals surface area contributed by atoms with Gasteiger partial charge in [0.15, 0.2) is 0 Å². The monoisotopic (exact) mass is 522 g/mol. The summed E-state index contributed by atoms with van der Waals surface area (Å²) in [6, 6.07) is 8.15. The molecule has 12 heteroatoms. The van der Waals surface area contributed by atoms with Gasteiger partial charge in [-0.25, -0.2) is 21.6 Å². The molecular weight excluding hydrogens is 497 g/mol. The molecule has 4 rings (SSSR count). The van der Waals surface area contributed by atoms with Crippen LogP contribution in [0, 0.1) is 17.5 Å². The number of hydrogen-bond acceptors (Lipinski definition) is 6. The second-order valence-corrected chi connectivity index (χ2v) is 11.1. The lowest BCUT2D eigenvalue weighted by Crippen LogP contribution is -2.50. The highest BCUT2D eigenvalue weighted by Crippen LogP contribution is 2.27. The maximum Gasteiger partial charge on any atom is 0.316 e. The van der Waals surface area contributed by atoms with Crippen molar-refractivity contribution < 1.29 is 26.3 Å². The van der Waals surface area contributed by atoms with E-state index in [9.17, 15) is 26.4 Å². The maximum atomic E-state index is 13.8. The summed E-state index contributed by atoms with van der Waals surface area (Å²) in [5.41, 5.74) is 0.0342. The molecule has 1 saturated heterocycles. The molecule has 36 heavy (non-hydrogen) atoms. The Hall–Kier alpha value is -3.38. The second-order valence-electron chi connectivity index (χ2n) is 8.60. The minimum atomic E-state index is -3.43. The number of nitrogens with zero attached hydrogens (tertiary/aromatic N) is 4. The van der Waals surface area contributed by atoms with Gasteiger partial charge in [0, 0.05) is 32.2 Å². The number of anilines is 1. The molecular formula is C24H25F3N4O4S. The van der Waals surface area contributed by atoms with Crippen LogP contribution in [0.25, 0.3) is 5.69 Å². The highest BCUT2D eigenvalue weighted by molar-refractivity contribution is 7.89. The average Bonchev–Trinajstić information content (AvgIpc) is 2.83. The molecule has 0 saturated carbocycles. The first-order chi connectivity index (χ1) is 17.1. The third kappa shape index (κ3) is 5.39. The molecule has 1 aromatic heterocycles. The summed E-state index contributed by atoms with van der Waals surface area (Å²) in [5, 5.41) is 3.54. The van der Waals surface area contributed by atoms with E-state index in [1.165, 1.54) is 34.8 Å². The van der Waals surface area contributed by atoms with Crippen LogP contribution in [0.5, 0.6) is 5.75 Å². The molecule has 0 atom stereocenters. The minimum Gasteiger partial charge on any atom is -0.481 e. The van der Waals surface area contributed by atoms with Crippen molar-refractivity contribution in [1.29, 1.82) is 0 Å². The van der Waals surface area contributed by atoms with Crippen molar-refractivity contribution in [2.45, 2.75) is 25.7 Å². The number of halogens is 3. The molecule has 1 aliphatic rings. The van der Waals surface area contributed by atoms with Crippen LogP contribution in [-0.4, -0.2) is 53.9 Å². The molecule has 0 aliphatic carbocycles. The molecule has 3 aromatic rings. The van der Waals surface area contributed by atoms with Crippen LogP contribution < -0.4 is 15.2 Å². The first kappa shape index (κ1) is 25.7. The second kappa shape index (κ2) is 10.3. The van der Waals surface area contributed by atoms with E-state index in [-0.39, 0.29) is 44.2 Å². The number of ether oxygens (including phenoxy) is 1. The Bertz CT molecular complexity index is 1380. The number of aromatic nitrogens is 2. The minimum absolute atomic E-state index is 0.0776. The molecule has 2 heterocycles. The van der Waals surface area contributed by atoms with E-state index < -0.39 is 38.3 Å². The Morgan fingerprint density at radius 1 is 0.944 bits per heavy atom. The van der Waals surface area contributed by atoms with Crippen LogP contribution in [-0.2, 0) is 16.6 Å². The third-order valence-corrected chi connectivity index (χ3v) is 8.11. The van der Waals surface area contributed by atoms with E-state index in [1.807, 2.05) is 0 Å². The van der Waals surface area contributed by atoms with Gasteiger partial charge >= 0.3 is 5.56 Å². The van der Waals surface area contributed by atoms with E-state index in [4.69, 9.17) is 4.74 Å². The lowest BCUT2D eigenvalue weighted by atomic mass is 10.2. The molecule has 0 spiro atoms. The number of piperazine rings is 1. The van der Waals surface area contributed by atoms with E-state index in [0.717, 1.165) is 16.8 Å². The molecule has 0 amide bonds. The summed E-state index contributed by atoms with van der Waals surface area (Å²) in [6.07, 6.45) is 1.34. The lowest BCUT2D eigenvalue weighted by molar-refractivity contribution is 0.297. The summed E-state index contributed by atoms with van der Waals surface area (Å²) in [4.78, 5) is 15.2. The molecule has 1 aliphatic heterocycles. The number of rotatable bonds is 7. The molecule has 1 fully saturated rings. The van der Waals surface area contributed by atoms with Crippen molar-refractivity contribution in [1.82, 2.24) is 14.1 Å². The molecule has 0 N–H and O–H groups in total. The first-order valence-electron chi connectivity index (χ1n) is 11.3. The van der Waals surface area contributed by atoms with Gasteiger partial charge in [-0.3, -0.25) is 4.79 Å². The Morgan fingerprint density at radius 3 is 2.14 bits per heavy atom. The number of hydrogen-bond donors (Lipinski definition) is 0. The zero-order valence-corrected chi connectivity index (χ0v) is 20.5. The largest absolute Gasteiger partial charge is 0.481 e. The van der Waals surface area contributed by atoms with Crippen molar-refractivity contribution in [2.24, 2.45) is 0 Å². The molecule has 2 aromatic carbocycles. The predicted molar refractivity (Wildman–Crippen MR) is 128 cm³/mol. The first-order valence-corrected chi connectivity index (χ1v) is 12.8. The van der Waals surface area contributed by atoms with Crippen LogP contribution in [0.1, 0.15) is 19.4 Å². The normalized spacial score (nSPS) is 14.9. The van der Waals surface area contributed by atoms with Gasteiger partial charge in [-0.1, -0.05) is 12.1 Å². The fourth-order valence-electron chi connectivity index (χ4n) is 3.85. The van der Waals surface area contributed by atoms with E-state index in [0.29, 0.717) is 17.3 Å². The van der Waals surface area contributed by atoms with Gasteiger partial charge in [-0.05, 0) is 43.7 Å². The average molecular weight is 523 g/mol. The topological polar surface area (TPSA) is 84.7 Å². The van der Waals surface area contributed by atoms with E-state index >= 15 is 0 Å². The fraction of sp³-hybridized carbons (Fsp3) is 0.333. The Morgan fingerprint density at radius 2 is 1.56 bits per heavy atom. The smallest absolute Gasteiger partial charge is 0.316 e. The number of sulfonamides is 1. The van der Waals surface area contributed by atoms with Crippen LogP contribution in [0.3, 0.4) is 0 Å². The van der Waals surface area contributed by atoms with Crippen molar-refractivity contribution in [3.05, 3.63) is 82.0 Å². The van der Waals surface area contributed by atoms with E-state index in [1.54, 1.807) is 18.7 Å². The van der Waals surface area contributed by atoms with E-state index in [2.05, 4.69) is 5.10 Å². The molecule has 192 valence electrons. The van der Waals surface area contributed by atoms with Crippen LogP contribution >= 0.6 is 0 Å². The fourth-order valence-corrected chi connectivity index (χ4v) is 5.12. The summed E-state index contributed by atoms with van der Waals surface area (Å²) < 4.78 is 74.0. The van der Waals surface area contributed by atoms with Crippen molar-refractivity contribution in [3.8, 4) is 11.4 Å². The molecule has 0 radical (unpaired) electrons. The van der Waals surface area contributed by atoms with Crippen molar-refractivity contribution in [3.63, 3.8) is 0 Å². The third-order valence-electron chi connectivity index (χ3n) is 5.84. The van der Waals surface area contributed by atoms with Crippen molar-refractivity contribution in [2.75, 3.05) is 31.1 Å². The summed E-state index contributed by atoms with van der Waals surface area (Å²) in [5.74, 6) is -2.30. The lowest BCUT2D eigenvalue weighted by Gasteiger charge is -2.36. The molecule has 0 unspecified atom stereocenters. The Kier molecular flexibility index (Phi) is 7.36. The van der Waals surface area contributed by atoms with Gasteiger partial charge in [0.2, 0.25) is 15.8 Å². The van der Waals surface area contributed by atoms with Crippen LogP contribution in [0.15, 0.2) is 53.5 Å². The summed E-state index contributed by atoms with van der Waals surface area (Å²) in [7, 11) is -3.43. The van der Waals surface area contributed by atoms with Crippen molar-refractivity contribution >= 4 is 15.7 Å². The quantitative estimate of drug-likeness (QED) is 0.474. The standard InChI is InChI=1S/C24H25F3N4O4S/c1-16(2)36(33,34)30-9-7-29(8-10-30)22-14-28-31(21-12-19(26)11-20(27)13-21)24(32)23(22)35-15-17-3-5-18(25)6-4-17/h3-6,11-14,16H,7-10,15H2,1-2H3. The van der Waals surface area contributed by atoms with Gasteiger partial charge < -0.3 is 9.64 Å². The van der Waals surface area contributed by atoms with Crippen LogP contribution in [0.2, 0.25) is 0 Å². The van der Waals surface area contributed by atoms with Gasteiger partial charge in [-0.2, -0.15) is 14.1 Å². The SMILES string of the molecule is CC(C)S(=O)(=O)N1CCN(c2cnn(-c3cc(F)cc(F)c3)c(=O)c2OCc2ccc(F)cc2)CC1. The van der Waals surface area contributed by atoms with Crippen LogP contribution in [0.4, 0.5) is 18.9 Å². The summed E-state index contributed by atoms with van der Waals surface area (Å²) >= 11 is 0. The maximum absolute atomic E-state index is 13.8. The zero-order valence-electron chi connectivity index (χ0n) is 19.7. The van der Waals surface area contributed by atoms with Gasteiger partial charge in [0.05, 0.1) is 17.1 Å².